The van der Waals surface area contributed by atoms with Crippen molar-refractivity contribution in [2.24, 2.45) is 11.7 Å². The smallest absolute Gasteiger partial charge is 0.234 e. The lowest BCUT2D eigenvalue weighted by Crippen LogP contribution is -2.32. The van der Waals surface area contributed by atoms with Gasteiger partial charge in [0.2, 0.25) is 5.91 Å². The van der Waals surface area contributed by atoms with E-state index in [9.17, 15) is 4.79 Å². The Hall–Kier alpha value is -1.46. The summed E-state index contributed by atoms with van der Waals surface area (Å²) in [5.74, 6) is 1.64. The van der Waals surface area contributed by atoms with Crippen LogP contribution in [0, 0.1) is 5.92 Å². The molecule has 0 spiro atoms. The fourth-order valence-corrected chi connectivity index (χ4v) is 1.71. The molecular formula is C15H25ClN2O3. The van der Waals surface area contributed by atoms with E-state index in [2.05, 4.69) is 19.2 Å². The zero-order valence-electron chi connectivity index (χ0n) is 13.0. The standard InChI is InChI=1S/C15H24N2O3.ClH/c1-10(2)9-20-13-6-5-12(7-14(13)19-4)11(3)17-15(18)8-16;/h5-7,10-11H,8-9,16H2,1-4H3,(H,17,18);1H. The predicted molar refractivity (Wildman–Crippen MR) is 86.2 cm³/mol. The van der Waals surface area contributed by atoms with Gasteiger partial charge < -0.3 is 20.5 Å². The number of benzene rings is 1. The lowest BCUT2D eigenvalue weighted by Gasteiger charge is -2.17. The molecule has 3 N–H and O–H groups in total. The number of methoxy groups -OCH3 is 1. The summed E-state index contributed by atoms with van der Waals surface area (Å²) in [6.45, 7) is 6.69. The summed E-state index contributed by atoms with van der Waals surface area (Å²) < 4.78 is 11.0. The van der Waals surface area contributed by atoms with Crippen LogP contribution >= 0.6 is 12.4 Å². The van der Waals surface area contributed by atoms with Crippen molar-refractivity contribution >= 4 is 18.3 Å². The molecule has 6 heteroatoms. The summed E-state index contributed by atoms with van der Waals surface area (Å²) in [5.41, 5.74) is 6.23. The van der Waals surface area contributed by atoms with Crippen LogP contribution in [-0.4, -0.2) is 26.2 Å². The first-order chi connectivity index (χ1) is 9.47. The number of nitrogens with two attached hydrogens (primary N) is 1. The van der Waals surface area contributed by atoms with E-state index in [1.807, 2.05) is 25.1 Å². The van der Waals surface area contributed by atoms with Crippen LogP contribution in [0.1, 0.15) is 32.4 Å². The first-order valence-electron chi connectivity index (χ1n) is 6.78. The van der Waals surface area contributed by atoms with Crippen molar-refractivity contribution in [2.75, 3.05) is 20.3 Å². The summed E-state index contributed by atoms with van der Waals surface area (Å²) >= 11 is 0. The molecule has 1 rings (SSSR count). The SMILES string of the molecule is COc1cc(C(C)NC(=O)CN)ccc1OCC(C)C.Cl. The minimum Gasteiger partial charge on any atom is -0.493 e. The highest BCUT2D eigenvalue weighted by Crippen LogP contribution is 2.30. The number of rotatable bonds is 7. The fraction of sp³-hybridized carbons (Fsp3) is 0.533. The summed E-state index contributed by atoms with van der Waals surface area (Å²) in [5, 5.41) is 2.81. The minimum atomic E-state index is -0.184. The van der Waals surface area contributed by atoms with Crippen LogP contribution < -0.4 is 20.5 Å². The van der Waals surface area contributed by atoms with Crippen LogP contribution in [0.5, 0.6) is 11.5 Å². The van der Waals surface area contributed by atoms with Gasteiger partial charge in [-0.1, -0.05) is 19.9 Å². The number of hydrogen-bond donors (Lipinski definition) is 2. The molecule has 1 unspecified atom stereocenters. The van der Waals surface area contributed by atoms with Crippen molar-refractivity contribution in [1.82, 2.24) is 5.32 Å². The molecule has 1 aromatic rings. The fourth-order valence-electron chi connectivity index (χ4n) is 1.71. The molecule has 0 aliphatic rings. The molecule has 21 heavy (non-hydrogen) atoms. The molecule has 1 aromatic carbocycles. The molecule has 1 amide bonds. The highest BCUT2D eigenvalue weighted by Gasteiger charge is 2.12. The Bertz CT molecular complexity index is 453. The van der Waals surface area contributed by atoms with Gasteiger partial charge in [-0.25, -0.2) is 0 Å². The second kappa shape index (κ2) is 9.47. The first kappa shape index (κ1) is 19.5. The van der Waals surface area contributed by atoms with Crippen molar-refractivity contribution in [3.63, 3.8) is 0 Å². The van der Waals surface area contributed by atoms with Crippen LogP contribution in [-0.2, 0) is 4.79 Å². The maximum absolute atomic E-state index is 11.3. The van der Waals surface area contributed by atoms with Crippen LogP contribution in [0.2, 0.25) is 0 Å². The Morgan fingerprint density at radius 3 is 2.48 bits per heavy atom. The highest BCUT2D eigenvalue weighted by atomic mass is 35.5. The number of halogens is 1. The van der Waals surface area contributed by atoms with Crippen molar-refractivity contribution in [2.45, 2.75) is 26.8 Å². The normalized spacial score (nSPS) is 11.5. The highest BCUT2D eigenvalue weighted by molar-refractivity contribution is 5.85. The molecule has 0 saturated heterocycles. The molecule has 0 saturated carbocycles. The maximum atomic E-state index is 11.3. The molecule has 0 bridgehead atoms. The van der Waals surface area contributed by atoms with Gasteiger partial charge >= 0.3 is 0 Å². The van der Waals surface area contributed by atoms with Gasteiger partial charge in [-0.3, -0.25) is 4.79 Å². The van der Waals surface area contributed by atoms with Crippen LogP contribution in [0.4, 0.5) is 0 Å². The van der Waals surface area contributed by atoms with E-state index >= 15 is 0 Å². The largest absolute Gasteiger partial charge is 0.493 e. The van der Waals surface area contributed by atoms with Gasteiger partial charge in [0.25, 0.3) is 0 Å². The van der Waals surface area contributed by atoms with E-state index in [0.717, 1.165) is 5.56 Å². The quantitative estimate of drug-likeness (QED) is 0.809. The van der Waals surface area contributed by atoms with Gasteiger partial charge in [-0.05, 0) is 30.5 Å². The van der Waals surface area contributed by atoms with E-state index in [0.29, 0.717) is 24.0 Å². The monoisotopic (exact) mass is 316 g/mol. The number of hydrogen-bond acceptors (Lipinski definition) is 4. The van der Waals surface area contributed by atoms with E-state index in [1.165, 1.54) is 0 Å². The van der Waals surface area contributed by atoms with Gasteiger partial charge in [0.05, 0.1) is 26.3 Å². The summed E-state index contributed by atoms with van der Waals surface area (Å²) in [6.07, 6.45) is 0. The second-order valence-corrected chi connectivity index (χ2v) is 5.11. The molecule has 1 atom stereocenters. The first-order valence-corrected chi connectivity index (χ1v) is 6.78. The number of nitrogens with one attached hydrogen (secondary N) is 1. The average Bonchev–Trinajstić information content (AvgIpc) is 2.44. The number of ether oxygens (including phenoxy) is 2. The third kappa shape index (κ3) is 6.23. The van der Waals surface area contributed by atoms with Gasteiger partial charge in [-0.2, -0.15) is 0 Å². The summed E-state index contributed by atoms with van der Waals surface area (Å²) in [4.78, 5) is 11.3. The topological polar surface area (TPSA) is 73.6 Å². The Labute approximate surface area is 132 Å². The van der Waals surface area contributed by atoms with E-state index in [1.54, 1.807) is 7.11 Å². The van der Waals surface area contributed by atoms with Crippen molar-refractivity contribution in [1.29, 1.82) is 0 Å². The molecule has 120 valence electrons. The minimum absolute atomic E-state index is 0. The molecular weight excluding hydrogens is 292 g/mol. The zero-order chi connectivity index (χ0) is 15.1. The van der Waals surface area contributed by atoms with Gasteiger partial charge in [-0.15, -0.1) is 12.4 Å². The molecule has 0 aromatic heterocycles. The van der Waals surface area contributed by atoms with Crippen LogP contribution in [0.25, 0.3) is 0 Å². The Kier molecular flexibility index (Phi) is 8.81. The zero-order valence-corrected chi connectivity index (χ0v) is 13.8. The number of carbonyl (C=O) groups excluding carboxylic acids is 1. The lowest BCUT2D eigenvalue weighted by atomic mass is 10.1. The van der Waals surface area contributed by atoms with Crippen molar-refractivity contribution in [3.8, 4) is 11.5 Å². The Morgan fingerprint density at radius 2 is 1.95 bits per heavy atom. The molecule has 0 heterocycles. The van der Waals surface area contributed by atoms with Crippen molar-refractivity contribution < 1.29 is 14.3 Å². The van der Waals surface area contributed by atoms with E-state index in [4.69, 9.17) is 15.2 Å². The summed E-state index contributed by atoms with van der Waals surface area (Å²) in [7, 11) is 1.60. The predicted octanol–water partition coefficient (Wildman–Crippen LogP) is 2.29. The third-order valence-electron chi connectivity index (χ3n) is 2.82. The van der Waals surface area contributed by atoms with Gasteiger partial charge in [0, 0.05) is 0 Å². The molecule has 5 nitrogen and oxygen atoms in total. The van der Waals surface area contributed by atoms with E-state index < -0.39 is 0 Å². The van der Waals surface area contributed by atoms with Gasteiger partial charge in [0.15, 0.2) is 11.5 Å². The molecule has 0 aliphatic heterocycles. The van der Waals surface area contributed by atoms with Crippen LogP contribution in [0.3, 0.4) is 0 Å². The van der Waals surface area contributed by atoms with Crippen molar-refractivity contribution in [3.05, 3.63) is 23.8 Å². The second-order valence-electron chi connectivity index (χ2n) is 5.11. The third-order valence-corrected chi connectivity index (χ3v) is 2.82. The molecule has 0 fully saturated rings. The molecule has 0 aliphatic carbocycles. The van der Waals surface area contributed by atoms with Crippen LogP contribution in [0.15, 0.2) is 18.2 Å². The Morgan fingerprint density at radius 1 is 1.29 bits per heavy atom. The average molecular weight is 317 g/mol. The maximum Gasteiger partial charge on any atom is 0.234 e. The lowest BCUT2D eigenvalue weighted by molar-refractivity contribution is -0.120. The Balaban J connectivity index is 0.00000400. The number of amides is 1. The molecule has 0 radical (unpaired) electrons. The van der Waals surface area contributed by atoms with E-state index in [-0.39, 0.29) is 30.9 Å². The van der Waals surface area contributed by atoms with Gasteiger partial charge in [0.1, 0.15) is 0 Å². The summed E-state index contributed by atoms with van der Waals surface area (Å²) in [6, 6.07) is 5.53. The number of carbonyl (C=O) groups is 1.